The zero-order valence-electron chi connectivity index (χ0n) is 15.9. The lowest BCUT2D eigenvalue weighted by molar-refractivity contribution is -0.118. The van der Waals surface area contributed by atoms with Gasteiger partial charge in [-0.2, -0.15) is 0 Å². The number of hydrogen-bond acceptors (Lipinski definition) is 3. The summed E-state index contributed by atoms with van der Waals surface area (Å²) in [7, 11) is 0. The van der Waals surface area contributed by atoms with Gasteiger partial charge in [-0.25, -0.2) is 4.39 Å². The van der Waals surface area contributed by atoms with Crippen LogP contribution in [0.2, 0.25) is 15.1 Å². The van der Waals surface area contributed by atoms with Gasteiger partial charge in [0.15, 0.2) is 5.78 Å². The molecule has 3 rings (SSSR count). The third-order valence-electron chi connectivity index (χ3n) is 4.88. The first kappa shape index (κ1) is 24.3. The van der Waals surface area contributed by atoms with Gasteiger partial charge in [-0.1, -0.05) is 34.8 Å². The number of carbonyl (C=O) groups excluding carboxylic acids is 3. The molecule has 0 heterocycles. The monoisotopic (exact) mass is 523 g/mol. The van der Waals surface area contributed by atoms with Gasteiger partial charge in [0, 0.05) is 40.1 Å². The van der Waals surface area contributed by atoms with E-state index in [0.29, 0.717) is 15.6 Å². The molecule has 1 N–H and O–H groups in total. The number of Topliss-reactive ketones (excluding diaryl/α,β-unsaturated/α-hetero) is 2. The van der Waals surface area contributed by atoms with Gasteiger partial charge < -0.3 is 10.1 Å². The number of alkyl halides is 2. The Morgan fingerprint density at radius 2 is 1.61 bits per heavy atom. The molecule has 0 aliphatic heterocycles. The molecule has 0 aromatic heterocycles. The van der Waals surface area contributed by atoms with Gasteiger partial charge in [-0.15, -0.1) is 23.2 Å². The Balaban J connectivity index is 1.81. The molecule has 0 radical (unpaired) electrons. The fourth-order valence-electron chi connectivity index (χ4n) is 3.33. The number of carbonyl (C=O) groups is 3. The number of halogens is 6. The van der Waals surface area contributed by atoms with Crippen molar-refractivity contribution in [3.63, 3.8) is 0 Å². The molecular weight excluding hydrogens is 510 g/mol. The van der Waals surface area contributed by atoms with E-state index in [0.717, 1.165) is 6.07 Å². The number of anilines is 1. The predicted molar refractivity (Wildman–Crippen MR) is 121 cm³/mol. The van der Waals surface area contributed by atoms with Crippen molar-refractivity contribution in [2.24, 2.45) is 5.92 Å². The van der Waals surface area contributed by atoms with E-state index in [-0.39, 0.29) is 34.9 Å². The SMILES string of the molecule is CC(=O)CCC(=O)c1cc(NC(=O)C2C(c3cc(Cl)cc(Cl)c3)C2(Cl)Cl)cc(F)c1Cl. The molecule has 4 nitrogen and oxygen atoms in total. The highest BCUT2D eigenvalue weighted by molar-refractivity contribution is 6.53. The van der Waals surface area contributed by atoms with E-state index in [1.165, 1.54) is 19.1 Å². The minimum atomic E-state index is -1.41. The van der Waals surface area contributed by atoms with Gasteiger partial charge in [0.2, 0.25) is 5.91 Å². The Morgan fingerprint density at radius 3 is 2.19 bits per heavy atom. The van der Waals surface area contributed by atoms with Crippen LogP contribution in [-0.2, 0) is 9.59 Å². The highest BCUT2D eigenvalue weighted by Crippen LogP contribution is 2.65. The van der Waals surface area contributed by atoms with Crippen LogP contribution in [0.4, 0.5) is 10.1 Å². The third-order valence-corrected chi connectivity index (χ3v) is 6.64. The summed E-state index contributed by atoms with van der Waals surface area (Å²) in [6.07, 6.45) is -0.126. The first-order valence-electron chi connectivity index (χ1n) is 9.08. The van der Waals surface area contributed by atoms with Crippen LogP contribution in [-0.4, -0.2) is 21.8 Å². The lowest BCUT2D eigenvalue weighted by Crippen LogP contribution is -2.18. The second-order valence-corrected chi connectivity index (χ2v) is 9.96. The number of nitrogens with one attached hydrogen (secondary N) is 1. The second kappa shape index (κ2) is 9.24. The molecule has 2 unspecified atom stereocenters. The molecule has 1 fully saturated rings. The summed E-state index contributed by atoms with van der Waals surface area (Å²) in [5.41, 5.74) is 0.470. The van der Waals surface area contributed by atoms with Crippen molar-refractivity contribution in [3.05, 3.63) is 62.3 Å². The van der Waals surface area contributed by atoms with E-state index in [9.17, 15) is 18.8 Å². The van der Waals surface area contributed by atoms with Crippen molar-refractivity contribution in [2.45, 2.75) is 30.0 Å². The van der Waals surface area contributed by atoms with Crippen LogP contribution >= 0.6 is 58.0 Å². The first-order chi connectivity index (χ1) is 14.4. The van der Waals surface area contributed by atoms with Crippen molar-refractivity contribution in [2.75, 3.05) is 5.32 Å². The molecule has 0 bridgehead atoms. The Hall–Kier alpha value is -1.37. The number of rotatable bonds is 7. The Morgan fingerprint density at radius 1 is 1.00 bits per heavy atom. The molecule has 10 heteroatoms. The van der Waals surface area contributed by atoms with Crippen molar-refractivity contribution in [1.29, 1.82) is 0 Å². The quantitative estimate of drug-likeness (QED) is 0.317. The number of amides is 1. The number of hydrogen-bond donors (Lipinski definition) is 1. The zero-order chi connectivity index (χ0) is 23.1. The maximum Gasteiger partial charge on any atom is 0.231 e. The van der Waals surface area contributed by atoms with E-state index in [1.54, 1.807) is 12.1 Å². The van der Waals surface area contributed by atoms with Crippen LogP contribution in [0.25, 0.3) is 0 Å². The largest absolute Gasteiger partial charge is 0.326 e. The molecule has 1 saturated carbocycles. The van der Waals surface area contributed by atoms with E-state index in [4.69, 9.17) is 58.0 Å². The van der Waals surface area contributed by atoms with Crippen molar-refractivity contribution >= 4 is 81.2 Å². The first-order valence-corrected chi connectivity index (χ1v) is 11.0. The summed E-state index contributed by atoms with van der Waals surface area (Å²) in [5, 5.41) is 2.88. The summed E-state index contributed by atoms with van der Waals surface area (Å²) in [6.45, 7) is 1.34. The Bertz CT molecular complexity index is 1070. The molecule has 1 amide bonds. The standard InChI is InChI=1S/C21H15Cl5FNO3/c1-9(29)2-3-16(30)14-7-13(8-15(27)19(14)24)28-20(31)18-17(21(18,25)26)10-4-11(22)6-12(23)5-10/h4-8,17-18H,2-3H2,1H3,(H,28,31). The third kappa shape index (κ3) is 5.35. The van der Waals surface area contributed by atoms with Gasteiger partial charge >= 0.3 is 0 Å². The van der Waals surface area contributed by atoms with E-state index < -0.39 is 33.7 Å². The Kier molecular flexibility index (Phi) is 7.24. The summed E-state index contributed by atoms with van der Waals surface area (Å²) in [6, 6.07) is 7.00. The minimum Gasteiger partial charge on any atom is -0.326 e. The maximum absolute atomic E-state index is 14.3. The highest BCUT2D eigenvalue weighted by Gasteiger charge is 2.67. The van der Waals surface area contributed by atoms with Crippen LogP contribution in [0.5, 0.6) is 0 Å². The lowest BCUT2D eigenvalue weighted by atomic mass is 10.0. The van der Waals surface area contributed by atoms with E-state index in [1.807, 2.05) is 0 Å². The zero-order valence-corrected chi connectivity index (χ0v) is 19.7. The number of ketones is 2. The summed E-state index contributed by atoms with van der Waals surface area (Å²) >= 11 is 30.6. The molecule has 31 heavy (non-hydrogen) atoms. The van der Waals surface area contributed by atoms with Crippen molar-refractivity contribution < 1.29 is 18.8 Å². The van der Waals surface area contributed by atoms with Crippen molar-refractivity contribution in [3.8, 4) is 0 Å². The second-order valence-electron chi connectivity index (χ2n) is 7.27. The van der Waals surface area contributed by atoms with E-state index >= 15 is 0 Å². The van der Waals surface area contributed by atoms with E-state index in [2.05, 4.69) is 5.32 Å². The van der Waals surface area contributed by atoms with Gasteiger partial charge in [0.05, 0.1) is 10.9 Å². The molecule has 2 atom stereocenters. The topological polar surface area (TPSA) is 63.2 Å². The molecule has 164 valence electrons. The van der Waals surface area contributed by atoms with Gasteiger partial charge in [0.1, 0.15) is 15.9 Å². The van der Waals surface area contributed by atoms with Crippen LogP contribution < -0.4 is 5.32 Å². The molecule has 1 aliphatic rings. The number of benzene rings is 2. The summed E-state index contributed by atoms with van der Waals surface area (Å²) in [5.74, 6) is -3.60. The van der Waals surface area contributed by atoms with Gasteiger partial charge in [-0.05, 0) is 42.8 Å². The minimum absolute atomic E-state index is 0.000330. The fourth-order valence-corrected chi connectivity index (χ4v) is 4.92. The molecule has 0 saturated heterocycles. The van der Waals surface area contributed by atoms with Crippen LogP contribution in [0.1, 0.15) is 41.6 Å². The van der Waals surface area contributed by atoms with Crippen molar-refractivity contribution in [1.82, 2.24) is 0 Å². The highest BCUT2D eigenvalue weighted by atomic mass is 35.5. The normalized spacial score (nSPS) is 19.1. The molecule has 2 aromatic carbocycles. The predicted octanol–water partition coefficient (Wildman–Crippen LogP) is 6.86. The summed E-state index contributed by atoms with van der Waals surface area (Å²) in [4.78, 5) is 36.3. The van der Waals surface area contributed by atoms with Gasteiger partial charge in [0.25, 0.3) is 0 Å². The fraction of sp³-hybridized carbons (Fsp3) is 0.286. The Labute approximate surface area is 202 Å². The lowest BCUT2D eigenvalue weighted by Gasteiger charge is -2.10. The average molecular weight is 526 g/mol. The maximum atomic E-state index is 14.3. The molecule has 2 aromatic rings. The summed E-state index contributed by atoms with van der Waals surface area (Å²) < 4.78 is 12.9. The smallest absolute Gasteiger partial charge is 0.231 e. The van der Waals surface area contributed by atoms with Crippen LogP contribution in [0.15, 0.2) is 30.3 Å². The molecule has 0 spiro atoms. The molecule has 1 aliphatic carbocycles. The van der Waals surface area contributed by atoms with Crippen LogP contribution in [0, 0.1) is 11.7 Å². The van der Waals surface area contributed by atoms with Crippen LogP contribution in [0.3, 0.4) is 0 Å². The van der Waals surface area contributed by atoms with Gasteiger partial charge in [-0.3, -0.25) is 9.59 Å². The average Bonchev–Trinajstić information content (AvgIpc) is 3.24. The molecular formula is C21H15Cl5FNO3.